The first-order valence-corrected chi connectivity index (χ1v) is 2.94. The quantitative estimate of drug-likeness (QED) is 0.650. The molecule has 0 amide bonds. The fourth-order valence-corrected chi connectivity index (χ4v) is 0.295. The van der Waals surface area contributed by atoms with Gasteiger partial charge in [0.1, 0.15) is 0 Å². The maximum Gasteiger partial charge on any atom is 0.293 e. The zero-order valence-corrected chi connectivity index (χ0v) is 7.04. The molecule has 0 fully saturated rings. The number of carbonyl (C=O) groups is 1. The molecule has 0 saturated carbocycles. The van der Waals surface area contributed by atoms with E-state index in [1.54, 1.807) is 19.5 Å². The minimum absolute atomic E-state index is 0. The summed E-state index contributed by atoms with van der Waals surface area (Å²) in [5, 5.41) is 0. The molecule has 0 spiro atoms. The van der Waals surface area contributed by atoms with Gasteiger partial charge in [0.2, 0.25) is 0 Å². The Morgan fingerprint density at radius 1 is 1.45 bits per heavy atom. The maximum atomic E-state index is 9.18. The number of hydrogen-bond acceptors (Lipinski definition) is 3. The Hall–Kier alpha value is -0.960. The molecule has 11 heavy (non-hydrogen) atoms. The molecule has 3 nitrogen and oxygen atoms in total. The lowest BCUT2D eigenvalue weighted by molar-refractivity contribution is -0.128. The topological polar surface area (TPSA) is 39.4 Å². The summed E-state index contributed by atoms with van der Waals surface area (Å²) in [6.07, 6.45) is 3.25. The molecular formula is C7H11ClO3. The summed E-state index contributed by atoms with van der Waals surface area (Å²) in [5.41, 5.74) is 0. The van der Waals surface area contributed by atoms with Gasteiger partial charge in [0.25, 0.3) is 6.47 Å². The van der Waals surface area contributed by atoms with E-state index in [9.17, 15) is 4.79 Å². The Bertz CT molecular complexity index is 122. The van der Waals surface area contributed by atoms with Crippen molar-refractivity contribution in [2.45, 2.75) is 6.92 Å². The first-order chi connectivity index (χ1) is 4.91. The van der Waals surface area contributed by atoms with Crippen molar-refractivity contribution in [3.63, 3.8) is 0 Å². The number of hydrogen-bond donors (Lipinski definition) is 0. The second-order valence-electron chi connectivity index (χ2n) is 1.34. The van der Waals surface area contributed by atoms with Gasteiger partial charge in [-0.25, -0.2) is 0 Å². The Kier molecular flexibility index (Phi) is 13.6. The summed E-state index contributed by atoms with van der Waals surface area (Å²) in [7, 11) is 0. The molecule has 0 aromatic carbocycles. The Morgan fingerprint density at radius 3 is 2.09 bits per heavy atom. The average Bonchev–Trinajstić information content (AvgIpc) is 2.44. The summed E-state index contributed by atoms with van der Waals surface area (Å²) in [4.78, 5) is 9.18. The van der Waals surface area contributed by atoms with Crippen LogP contribution in [-0.4, -0.2) is 13.1 Å². The zero-order chi connectivity index (χ0) is 7.66. The molecule has 0 saturated heterocycles. The molecule has 1 aromatic rings. The van der Waals surface area contributed by atoms with Crippen molar-refractivity contribution in [2.75, 3.05) is 6.61 Å². The smallest absolute Gasteiger partial charge is 0.293 e. The monoisotopic (exact) mass is 178 g/mol. The molecule has 0 radical (unpaired) electrons. The van der Waals surface area contributed by atoms with Crippen LogP contribution in [0.5, 0.6) is 0 Å². The highest BCUT2D eigenvalue weighted by atomic mass is 35.5. The molecule has 0 aliphatic rings. The van der Waals surface area contributed by atoms with E-state index in [1.807, 2.05) is 12.1 Å². The van der Waals surface area contributed by atoms with Gasteiger partial charge in [-0.2, -0.15) is 0 Å². The predicted octanol–water partition coefficient (Wildman–Crippen LogP) is 1.88. The molecule has 0 atom stereocenters. The van der Waals surface area contributed by atoms with Gasteiger partial charge in [0.15, 0.2) is 0 Å². The normalized spacial score (nSPS) is 6.64. The summed E-state index contributed by atoms with van der Waals surface area (Å²) in [5.74, 6) is 0. The molecular weight excluding hydrogens is 168 g/mol. The number of carbonyl (C=O) groups excluding carboxylic acids is 1. The summed E-state index contributed by atoms with van der Waals surface area (Å²) in [6.45, 7) is 2.66. The molecule has 4 heteroatoms. The van der Waals surface area contributed by atoms with Crippen LogP contribution in [0.2, 0.25) is 0 Å². The van der Waals surface area contributed by atoms with E-state index in [-0.39, 0.29) is 12.4 Å². The SMILES string of the molecule is CCOC=O.Cl.c1ccoc1. The van der Waals surface area contributed by atoms with Crippen molar-refractivity contribution in [2.24, 2.45) is 0 Å². The minimum atomic E-state index is 0. The number of rotatable bonds is 2. The zero-order valence-electron chi connectivity index (χ0n) is 6.23. The highest BCUT2D eigenvalue weighted by Gasteiger charge is 1.61. The van der Waals surface area contributed by atoms with E-state index in [0.29, 0.717) is 13.1 Å². The first-order valence-electron chi connectivity index (χ1n) is 2.94. The lowest BCUT2D eigenvalue weighted by Gasteiger charge is -1.79. The fourth-order valence-electron chi connectivity index (χ4n) is 0.295. The molecule has 0 N–H and O–H groups in total. The maximum absolute atomic E-state index is 9.18. The molecule has 0 bridgehead atoms. The molecule has 0 aliphatic carbocycles. The molecule has 1 aromatic heterocycles. The van der Waals surface area contributed by atoms with Crippen LogP contribution < -0.4 is 0 Å². The van der Waals surface area contributed by atoms with Crippen molar-refractivity contribution in [1.82, 2.24) is 0 Å². The van der Waals surface area contributed by atoms with Crippen molar-refractivity contribution in [3.05, 3.63) is 24.7 Å². The van der Waals surface area contributed by atoms with Crippen molar-refractivity contribution in [3.8, 4) is 0 Å². The van der Waals surface area contributed by atoms with Crippen molar-refractivity contribution >= 4 is 18.9 Å². The molecule has 0 unspecified atom stereocenters. The van der Waals surface area contributed by atoms with Crippen LogP contribution in [-0.2, 0) is 9.53 Å². The third-order valence-corrected chi connectivity index (χ3v) is 0.660. The van der Waals surface area contributed by atoms with Gasteiger partial charge >= 0.3 is 0 Å². The number of halogens is 1. The van der Waals surface area contributed by atoms with Crippen LogP contribution in [0, 0.1) is 0 Å². The standard InChI is InChI=1S/C4H4O.C3H6O2.ClH/c1-2-4-5-3-1;1-2-5-3-4;/h1-4H;3H,2H2,1H3;1H. The predicted molar refractivity (Wildman–Crippen MR) is 43.6 cm³/mol. The highest BCUT2D eigenvalue weighted by molar-refractivity contribution is 5.85. The van der Waals surface area contributed by atoms with Crippen molar-refractivity contribution < 1.29 is 13.9 Å². The van der Waals surface area contributed by atoms with Gasteiger partial charge in [-0.15, -0.1) is 12.4 Å². The molecule has 64 valence electrons. The summed E-state index contributed by atoms with van der Waals surface area (Å²) in [6, 6.07) is 3.67. The molecule has 1 heterocycles. The van der Waals surface area contributed by atoms with E-state index in [4.69, 9.17) is 0 Å². The van der Waals surface area contributed by atoms with Crippen molar-refractivity contribution in [1.29, 1.82) is 0 Å². The Balaban J connectivity index is 0. The summed E-state index contributed by atoms with van der Waals surface area (Å²) >= 11 is 0. The van der Waals surface area contributed by atoms with Gasteiger partial charge in [0.05, 0.1) is 19.1 Å². The van der Waals surface area contributed by atoms with Crippen LogP contribution in [0.15, 0.2) is 29.1 Å². The average molecular weight is 179 g/mol. The minimum Gasteiger partial charge on any atom is -0.473 e. The second kappa shape index (κ2) is 11.8. The summed E-state index contributed by atoms with van der Waals surface area (Å²) < 4.78 is 8.74. The van der Waals surface area contributed by atoms with E-state index in [2.05, 4.69) is 9.15 Å². The molecule has 0 aliphatic heterocycles. The van der Waals surface area contributed by atoms with E-state index in [0.717, 1.165) is 0 Å². The number of furan rings is 1. The fraction of sp³-hybridized carbons (Fsp3) is 0.286. The third kappa shape index (κ3) is 12.3. The largest absolute Gasteiger partial charge is 0.473 e. The van der Waals surface area contributed by atoms with Gasteiger partial charge in [-0.3, -0.25) is 4.79 Å². The lowest BCUT2D eigenvalue weighted by atomic mass is 10.7. The lowest BCUT2D eigenvalue weighted by Crippen LogP contribution is -1.80. The van der Waals surface area contributed by atoms with E-state index >= 15 is 0 Å². The van der Waals surface area contributed by atoms with Crippen LogP contribution in [0.3, 0.4) is 0 Å². The Labute approximate surface area is 71.8 Å². The van der Waals surface area contributed by atoms with E-state index in [1.165, 1.54) is 0 Å². The molecule has 1 rings (SSSR count). The van der Waals surface area contributed by atoms with E-state index < -0.39 is 0 Å². The second-order valence-corrected chi connectivity index (χ2v) is 1.34. The number of ether oxygens (including phenoxy) is 1. The third-order valence-electron chi connectivity index (χ3n) is 0.660. The van der Waals surface area contributed by atoms with Gasteiger partial charge in [-0.1, -0.05) is 0 Å². The Morgan fingerprint density at radius 2 is 2.00 bits per heavy atom. The van der Waals surface area contributed by atoms with Gasteiger partial charge < -0.3 is 9.15 Å². The van der Waals surface area contributed by atoms with Crippen LogP contribution in [0.4, 0.5) is 0 Å². The van der Waals surface area contributed by atoms with Crippen LogP contribution >= 0.6 is 12.4 Å². The van der Waals surface area contributed by atoms with Crippen LogP contribution in [0.1, 0.15) is 6.92 Å². The van der Waals surface area contributed by atoms with Gasteiger partial charge in [-0.05, 0) is 19.1 Å². The van der Waals surface area contributed by atoms with Crippen LogP contribution in [0.25, 0.3) is 0 Å². The van der Waals surface area contributed by atoms with Gasteiger partial charge in [0, 0.05) is 0 Å². The first kappa shape index (κ1) is 12.7. The highest BCUT2D eigenvalue weighted by Crippen LogP contribution is 1.79.